The van der Waals surface area contributed by atoms with E-state index in [0.29, 0.717) is 0 Å². The van der Waals surface area contributed by atoms with Crippen molar-refractivity contribution in [3.05, 3.63) is 23.5 Å². The third kappa shape index (κ3) is 2.75. The highest BCUT2D eigenvalue weighted by Crippen LogP contribution is 2.21. The molecule has 1 aromatic rings. The summed E-state index contributed by atoms with van der Waals surface area (Å²) in [4.78, 5) is 6.66. The van der Waals surface area contributed by atoms with E-state index in [4.69, 9.17) is 10.00 Å². The normalized spacial score (nSPS) is 20.2. The van der Waals surface area contributed by atoms with Gasteiger partial charge in [0.25, 0.3) is 0 Å². The molecule has 1 unspecified atom stereocenters. The first-order chi connectivity index (χ1) is 8.22. The molecule has 2 heterocycles. The van der Waals surface area contributed by atoms with Gasteiger partial charge in [-0.05, 0) is 26.3 Å². The van der Waals surface area contributed by atoms with E-state index in [1.54, 1.807) is 7.11 Å². The Kier molecular flexibility index (Phi) is 3.60. The minimum Gasteiger partial charge on any atom is -0.497 e. The fourth-order valence-electron chi connectivity index (χ4n) is 2.27. The van der Waals surface area contributed by atoms with Gasteiger partial charge < -0.3 is 4.74 Å². The van der Waals surface area contributed by atoms with E-state index in [1.165, 1.54) is 0 Å². The van der Waals surface area contributed by atoms with Crippen LogP contribution in [0.3, 0.4) is 0 Å². The lowest BCUT2D eigenvalue weighted by molar-refractivity contribution is 0.282. The maximum atomic E-state index is 9.03. The van der Waals surface area contributed by atoms with Gasteiger partial charge in [0.05, 0.1) is 24.9 Å². The van der Waals surface area contributed by atoms with E-state index in [1.807, 2.05) is 19.1 Å². The molecule has 0 saturated carbocycles. The predicted octanol–water partition coefficient (Wildman–Crippen LogP) is 1.89. The highest BCUT2D eigenvalue weighted by molar-refractivity contribution is 5.26. The van der Waals surface area contributed by atoms with Crippen molar-refractivity contribution in [2.45, 2.75) is 32.4 Å². The maximum absolute atomic E-state index is 9.03. The molecule has 2 rings (SSSR count). The van der Waals surface area contributed by atoms with Gasteiger partial charge in [0, 0.05) is 24.4 Å². The molecular weight excluding hydrogens is 214 g/mol. The van der Waals surface area contributed by atoms with Crippen molar-refractivity contribution in [1.82, 2.24) is 9.88 Å². The van der Waals surface area contributed by atoms with Crippen LogP contribution in [0.5, 0.6) is 5.75 Å². The number of nitriles is 1. The molecule has 90 valence electrons. The number of ether oxygens (including phenoxy) is 1. The van der Waals surface area contributed by atoms with Gasteiger partial charge in [-0.1, -0.05) is 0 Å². The number of hydrogen-bond donors (Lipinski definition) is 0. The molecule has 0 aromatic carbocycles. The second-order valence-electron chi connectivity index (χ2n) is 4.40. The Labute approximate surface area is 102 Å². The lowest BCUT2D eigenvalue weighted by atomic mass is 10.2. The van der Waals surface area contributed by atoms with E-state index in [9.17, 15) is 0 Å². The van der Waals surface area contributed by atoms with Crippen LogP contribution in [-0.2, 0) is 6.54 Å². The number of methoxy groups -OCH3 is 1. The quantitative estimate of drug-likeness (QED) is 0.797. The Morgan fingerprint density at radius 3 is 3.12 bits per heavy atom. The van der Waals surface area contributed by atoms with Crippen molar-refractivity contribution in [3.8, 4) is 11.8 Å². The first-order valence-electron chi connectivity index (χ1n) is 5.88. The summed E-state index contributed by atoms with van der Waals surface area (Å²) in [7, 11) is 1.66. The maximum Gasteiger partial charge on any atom is 0.122 e. The van der Waals surface area contributed by atoms with Crippen LogP contribution in [-0.4, -0.2) is 29.6 Å². The summed E-state index contributed by atoms with van der Waals surface area (Å²) in [5.41, 5.74) is 1.93. The Morgan fingerprint density at radius 2 is 2.41 bits per heavy atom. The third-order valence-electron chi connectivity index (χ3n) is 3.09. The number of pyridine rings is 1. The first-order valence-corrected chi connectivity index (χ1v) is 5.88. The Balaban J connectivity index is 2.13. The molecule has 4 nitrogen and oxygen atoms in total. The minimum atomic E-state index is 0.0447. The van der Waals surface area contributed by atoms with Crippen LogP contribution < -0.4 is 4.74 Å². The largest absolute Gasteiger partial charge is 0.497 e. The smallest absolute Gasteiger partial charge is 0.122 e. The van der Waals surface area contributed by atoms with Crippen molar-refractivity contribution < 1.29 is 4.74 Å². The van der Waals surface area contributed by atoms with Crippen LogP contribution >= 0.6 is 0 Å². The summed E-state index contributed by atoms with van der Waals surface area (Å²) in [5.74, 6) is 0.834. The summed E-state index contributed by atoms with van der Waals surface area (Å²) in [6.07, 6.45) is 2.07. The van der Waals surface area contributed by atoms with Crippen LogP contribution in [0.15, 0.2) is 12.1 Å². The molecule has 1 saturated heterocycles. The molecule has 0 bridgehead atoms. The molecule has 1 aliphatic rings. The van der Waals surface area contributed by atoms with Crippen LogP contribution in [0.2, 0.25) is 0 Å². The number of nitrogens with zero attached hydrogens (tertiary/aromatic N) is 3. The summed E-state index contributed by atoms with van der Waals surface area (Å²) < 4.78 is 5.23. The topological polar surface area (TPSA) is 49.1 Å². The predicted molar refractivity (Wildman–Crippen MR) is 64.6 cm³/mol. The van der Waals surface area contributed by atoms with Gasteiger partial charge in [-0.3, -0.25) is 9.88 Å². The molecule has 17 heavy (non-hydrogen) atoms. The highest BCUT2D eigenvalue weighted by atomic mass is 16.5. The number of aromatic nitrogens is 1. The lowest BCUT2D eigenvalue weighted by Crippen LogP contribution is -2.27. The monoisotopic (exact) mass is 231 g/mol. The summed E-state index contributed by atoms with van der Waals surface area (Å²) >= 11 is 0. The van der Waals surface area contributed by atoms with E-state index in [-0.39, 0.29) is 6.04 Å². The first kappa shape index (κ1) is 11.9. The lowest BCUT2D eigenvalue weighted by Gasteiger charge is -2.18. The Morgan fingerprint density at radius 1 is 1.59 bits per heavy atom. The molecular formula is C13H17N3O. The van der Waals surface area contributed by atoms with Crippen molar-refractivity contribution in [2.75, 3.05) is 13.7 Å². The highest BCUT2D eigenvalue weighted by Gasteiger charge is 2.24. The van der Waals surface area contributed by atoms with Gasteiger partial charge >= 0.3 is 0 Å². The van der Waals surface area contributed by atoms with E-state index < -0.39 is 0 Å². The van der Waals surface area contributed by atoms with Crippen molar-refractivity contribution in [2.24, 2.45) is 0 Å². The summed E-state index contributed by atoms with van der Waals surface area (Å²) in [6, 6.07) is 6.25. The zero-order valence-corrected chi connectivity index (χ0v) is 10.3. The van der Waals surface area contributed by atoms with Crippen molar-refractivity contribution >= 4 is 0 Å². The molecule has 1 aliphatic heterocycles. The number of rotatable bonds is 3. The van der Waals surface area contributed by atoms with Gasteiger partial charge in [-0.2, -0.15) is 5.26 Å². The molecule has 0 amide bonds. The Hall–Kier alpha value is -1.60. The number of aryl methyl sites for hydroxylation is 1. The van der Waals surface area contributed by atoms with Crippen LogP contribution in [0.25, 0.3) is 0 Å². The van der Waals surface area contributed by atoms with Gasteiger partial charge in [0.2, 0.25) is 0 Å². The van der Waals surface area contributed by atoms with E-state index >= 15 is 0 Å². The molecule has 1 fully saturated rings. The fourth-order valence-corrected chi connectivity index (χ4v) is 2.27. The van der Waals surface area contributed by atoms with Crippen molar-refractivity contribution in [1.29, 1.82) is 5.26 Å². The van der Waals surface area contributed by atoms with Crippen molar-refractivity contribution in [3.63, 3.8) is 0 Å². The molecule has 4 heteroatoms. The Bertz CT molecular complexity index is 439. The average molecular weight is 231 g/mol. The van der Waals surface area contributed by atoms with Gasteiger partial charge in [-0.15, -0.1) is 0 Å². The second kappa shape index (κ2) is 5.15. The molecule has 0 spiro atoms. The SMILES string of the molecule is COc1cc(C)nc(CN2CCCC2C#N)c1. The molecule has 0 N–H and O–H groups in total. The zero-order valence-electron chi connectivity index (χ0n) is 10.3. The fraction of sp³-hybridized carbons (Fsp3) is 0.538. The molecule has 0 aliphatic carbocycles. The molecule has 1 aromatic heterocycles. The number of hydrogen-bond acceptors (Lipinski definition) is 4. The molecule has 0 radical (unpaired) electrons. The van der Waals surface area contributed by atoms with Crippen LogP contribution in [0, 0.1) is 18.3 Å². The van der Waals surface area contributed by atoms with Gasteiger partial charge in [-0.25, -0.2) is 0 Å². The van der Waals surface area contributed by atoms with E-state index in [0.717, 1.165) is 43.1 Å². The van der Waals surface area contributed by atoms with Crippen LogP contribution in [0.1, 0.15) is 24.2 Å². The molecule has 1 atom stereocenters. The van der Waals surface area contributed by atoms with Gasteiger partial charge in [0.15, 0.2) is 0 Å². The van der Waals surface area contributed by atoms with E-state index in [2.05, 4.69) is 16.0 Å². The standard InChI is InChI=1S/C13H17N3O/c1-10-6-13(17-2)7-11(15-10)9-16-5-3-4-12(16)8-14/h6-7,12H,3-5,9H2,1-2H3. The summed E-state index contributed by atoms with van der Waals surface area (Å²) in [5, 5.41) is 9.03. The summed E-state index contributed by atoms with van der Waals surface area (Å²) in [6.45, 7) is 3.67. The van der Waals surface area contributed by atoms with Gasteiger partial charge in [0.1, 0.15) is 5.75 Å². The third-order valence-corrected chi connectivity index (χ3v) is 3.09. The minimum absolute atomic E-state index is 0.0447. The van der Waals surface area contributed by atoms with Crippen LogP contribution in [0.4, 0.5) is 0 Å². The number of likely N-dealkylation sites (tertiary alicyclic amines) is 1. The zero-order chi connectivity index (χ0) is 12.3. The second-order valence-corrected chi connectivity index (χ2v) is 4.40. The average Bonchev–Trinajstić information content (AvgIpc) is 2.75.